The second-order valence-corrected chi connectivity index (χ2v) is 2.65. The van der Waals surface area contributed by atoms with Gasteiger partial charge in [-0.25, -0.2) is 9.13 Å². The number of aliphatic hydroxyl groups is 1. The predicted octanol–water partition coefficient (Wildman–Crippen LogP) is -1.42. The number of carboxylic acids is 1. The third-order valence-electron chi connectivity index (χ3n) is 1.22. The van der Waals surface area contributed by atoms with Crippen LogP contribution in [0.3, 0.4) is 0 Å². The molecule has 13 heavy (non-hydrogen) atoms. The number of carbonyl (C=O) groups excluding carboxylic acids is 1. The highest BCUT2D eigenvalue weighted by Gasteiger charge is 2.03. The minimum atomic E-state index is -1.08. The summed E-state index contributed by atoms with van der Waals surface area (Å²) >= 11 is 0. The van der Waals surface area contributed by atoms with E-state index in [0.29, 0.717) is 0 Å². The lowest BCUT2D eigenvalue weighted by molar-refractivity contribution is -0.671. The van der Waals surface area contributed by atoms with Crippen LogP contribution in [0.25, 0.3) is 0 Å². The first kappa shape index (κ1) is 11.6. The summed E-state index contributed by atoms with van der Waals surface area (Å²) in [5, 5.41) is 17.9. The molecule has 0 bridgehead atoms. The summed E-state index contributed by atoms with van der Waals surface area (Å²) in [6.07, 6.45) is 5.10. The van der Waals surface area contributed by atoms with Crippen LogP contribution in [0.2, 0.25) is 0 Å². The van der Waals surface area contributed by atoms with E-state index in [0.717, 1.165) is 6.92 Å². The Morgan fingerprint density at radius 3 is 2.31 bits per heavy atom. The molecule has 1 heterocycles. The van der Waals surface area contributed by atoms with Crippen molar-refractivity contribution in [2.24, 2.45) is 7.05 Å². The van der Waals surface area contributed by atoms with Crippen molar-refractivity contribution in [3.63, 3.8) is 0 Å². The molecule has 1 aromatic heterocycles. The summed E-state index contributed by atoms with van der Waals surface area (Å²) in [7, 11) is 1.92. The number of aliphatic hydroxyl groups excluding tert-OH is 1. The average molecular weight is 186 g/mol. The molecular formula is C8H14N2O3. The quantitative estimate of drug-likeness (QED) is 0.547. The van der Waals surface area contributed by atoms with Gasteiger partial charge in [-0.3, -0.25) is 0 Å². The smallest absolute Gasteiger partial charge is 0.245 e. The molecule has 0 radical (unpaired) electrons. The zero-order valence-electron chi connectivity index (χ0n) is 7.97. The summed E-state index contributed by atoms with van der Waals surface area (Å²) in [4.78, 5) is 8.89. The number of aryl methyl sites for hydroxylation is 1. The number of carboxylic acid groups (broad SMARTS) is 1. The van der Waals surface area contributed by atoms with Crippen LogP contribution in [0, 0.1) is 0 Å². The minimum absolute atomic E-state index is 0.425. The van der Waals surface area contributed by atoms with Gasteiger partial charge in [-0.05, 0) is 6.92 Å². The fraction of sp³-hybridized carbons (Fsp3) is 0.500. The number of rotatable bonds is 1. The Bertz CT molecular complexity index is 264. The summed E-state index contributed by atoms with van der Waals surface area (Å²) in [5.74, 6) is -1.08. The normalized spacial score (nSPS) is 11.4. The van der Waals surface area contributed by atoms with Crippen LogP contribution >= 0.6 is 0 Å². The minimum Gasteiger partial charge on any atom is -0.550 e. The SMILES string of the molecule is CC(=O)[O-].CC(O)n1cc[n+](C)c1. The van der Waals surface area contributed by atoms with Crippen molar-refractivity contribution >= 4 is 5.97 Å². The Morgan fingerprint density at radius 2 is 2.15 bits per heavy atom. The lowest BCUT2D eigenvalue weighted by atomic mass is 10.6. The third kappa shape index (κ3) is 5.86. The zero-order chi connectivity index (χ0) is 10.4. The van der Waals surface area contributed by atoms with Crippen molar-refractivity contribution in [3.05, 3.63) is 18.7 Å². The van der Waals surface area contributed by atoms with Gasteiger partial charge in [0.2, 0.25) is 6.33 Å². The average Bonchev–Trinajstić information content (AvgIpc) is 2.34. The highest BCUT2D eigenvalue weighted by Crippen LogP contribution is 1.95. The number of aromatic nitrogens is 2. The number of imidazole rings is 1. The highest BCUT2D eigenvalue weighted by molar-refractivity contribution is 5.60. The summed E-state index contributed by atoms with van der Waals surface area (Å²) in [6, 6.07) is 0. The summed E-state index contributed by atoms with van der Waals surface area (Å²) in [5.41, 5.74) is 0. The number of hydrogen-bond acceptors (Lipinski definition) is 3. The second kappa shape index (κ2) is 5.31. The Labute approximate surface area is 76.9 Å². The maximum atomic E-state index is 8.99. The fourth-order valence-electron chi connectivity index (χ4n) is 0.690. The van der Waals surface area contributed by atoms with Crippen molar-refractivity contribution in [1.82, 2.24) is 4.57 Å². The highest BCUT2D eigenvalue weighted by atomic mass is 16.4. The second-order valence-electron chi connectivity index (χ2n) is 2.65. The molecule has 1 aromatic rings. The van der Waals surface area contributed by atoms with Crippen LogP contribution in [0.1, 0.15) is 20.1 Å². The van der Waals surface area contributed by atoms with E-state index in [2.05, 4.69) is 0 Å². The van der Waals surface area contributed by atoms with Crippen LogP contribution in [0.4, 0.5) is 0 Å². The van der Waals surface area contributed by atoms with E-state index in [9.17, 15) is 0 Å². The van der Waals surface area contributed by atoms with Crippen LogP contribution in [0.15, 0.2) is 18.7 Å². The Hall–Kier alpha value is -1.36. The predicted molar refractivity (Wildman–Crippen MR) is 43.2 cm³/mol. The number of aliphatic carboxylic acids is 1. The number of hydrogen-bond donors (Lipinski definition) is 1. The Kier molecular flexibility index (Phi) is 4.76. The molecule has 0 saturated heterocycles. The summed E-state index contributed by atoms with van der Waals surface area (Å²) < 4.78 is 3.60. The Balaban J connectivity index is 0.000000310. The molecule has 0 fully saturated rings. The van der Waals surface area contributed by atoms with Crippen molar-refractivity contribution in [2.45, 2.75) is 20.1 Å². The van der Waals surface area contributed by atoms with Gasteiger partial charge in [0.25, 0.3) is 0 Å². The molecule has 74 valence electrons. The molecule has 1 unspecified atom stereocenters. The van der Waals surface area contributed by atoms with E-state index < -0.39 is 12.2 Å². The van der Waals surface area contributed by atoms with E-state index in [1.165, 1.54) is 0 Å². The molecule has 0 aliphatic heterocycles. The molecule has 0 aliphatic rings. The van der Waals surface area contributed by atoms with Gasteiger partial charge in [0.15, 0.2) is 6.23 Å². The largest absolute Gasteiger partial charge is 0.550 e. The van der Waals surface area contributed by atoms with Crippen molar-refractivity contribution in [1.29, 1.82) is 0 Å². The van der Waals surface area contributed by atoms with Gasteiger partial charge < -0.3 is 15.0 Å². The van der Waals surface area contributed by atoms with E-state index in [1.807, 2.05) is 30.3 Å². The molecule has 1 rings (SSSR count). The van der Waals surface area contributed by atoms with Gasteiger partial charge in [0, 0.05) is 12.9 Å². The van der Waals surface area contributed by atoms with Gasteiger partial charge in [-0.2, -0.15) is 0 Å². The van der Waals surface area contributed by atoms with E-state index >= 15 is 0 Å². The molecule has 0 spiro atoms. The number of nitrogens with zero attached hydrogens (tertiary/aromatic N) is 2. The van der Waals surface area contributed by atoms with Crippen LogP contribution < -0.4 is 9.67 Å². The lowest BCUT2D eigenvalue weighted by Crippen LogP contribution is -2.24. The zero-order valence-corrected chi connectivity index (χ0v) is 7.97. The first-order chi connectivity index (χ1) is 5.93. The van der Waals surface area contributed by atoms with E-state index in [-0.39, 0.29) is 0 Å². The van der Waals surface area contributed by atoms with Crippen LogP contribution in [-0.4, -0.2) is 15.6 Å². The molecular weight excluding hydrogens is 172 g/mol. The number of carbonyl (C=O) groups is 1. The molecule has 1 atom stereocenters. The molecule has 0 amide bonds. The molecule has 5 nitrogen and oxygen atoms in total. The maximum absolute atomic E-state index is 8.99. The van der Waals surface area contributed by atoms with Gasteiger partial charge in [0.05, 0.1) is 7.05 Å². The van der Waals surface area contributed by atoms with Gasteiger partial charge in [-0.1, -0.05) is 0 Å². The van der Waals surface area contributed by atoms with E-state index in [4.69, 9.17) is 15.0 Å². The summed E-state index contributed by atoms with van der Waals surface area (Å²) in [6.45, 7) is 2.69. The molecule has 0 aromatic carbocycles. The van der Waals surface area contributed by atoms with Crippen molar-refractivity contribution < 1.29 is 19.6 Å². The Morgan fingerprint density at radius 1 is 1.69 bits per heavy atom. The standard InChI is InChI=1S/C6H11N2O.C2H4O2/c1-6(9)8-4-3-7(2)5-8;1-2(3)4/h3-6,9H,1-2H3;1H3,(H,3,4)/q+1;/p-1. The molecule has 0 saturated carbocycles. The fourth-order valence-corrected chi connectivity index (χ4v) is 0.690. The topological polar surface area (TPSA) is 69.2 Å². The van der Waals surface area contributed by atoms with Gasteiger partial charge in [-0.15, -0.1) is 0 Å². The van der Waals surface area contributed by atoms with Crippen LogP contribution in [-0.2, 0) is 11.8 Å². The third-order valence-corrected chi connectivity index (χ3v) is 1.22. The van der Waals surface area contributed by atoms with Crippen molar-refractivity contribution in [2.75, 3.05) is 0 Å². The maximum Gasteiger partial charge on any atom is 0.245 e. The van der Waals surface area contributed by atoms with E-state index in [1.54, 1.807) is 11.5 Å². The van der Waals surface area contributed by atoms with Gasteiger partial charge >= 0.3 is 0 Å². The van der Waals surface area contributed by atoms with Crippen LogP contribution in [0.5, 0.6) is 0 Å². The lowest BCUT2D eigenvalue weighted by Gasteiger charge is -1.94. The van der Waals surface area contributed by atoms with Gasteiger partial charge in [0.1, 0.15) is 12.4 Å². The first-order valence-corrected chi connectivity index (χ1v) is 3.82. The van der Waals surface area contributed by atoms with Crippen molar-refractivity contribution in [3.8, 4) is 0 Å². The molecule has 0 aliphatic carbocycles. The monoisotopic (exact) mass is 186 g/mol. The first-order valence-electron chi connectivity index (χ1n) is 3.82. The molecule has 5 heteroatoms. The molecule has 1 N–H and O–H groups in total.